The molecule has 0 aromatic carbocycles. The van der Waals surface area contributed by atoms with E-state index >= 15 is 0 Å². The Hall–Kier alpha value is -2.04. The predicted octanol–water partition coefficient (Wildman–Crippen LogP) is 0.136. The minimum absolute atomic E-state index is 0.807. The molecule has 3 rings (SSSR count). The van der Waals surface area contributed by atoms with Crippen LogP contribution in [0.15, 0.2) is 24.4 Å². The first-order valence-corrected chi connectivity index (χ1v) is 4.79. The lowest BCUT2D eigenvalue weighted by Crippen LogP contribution is -2.33. The van der Waals surface area contributed by atoms with Gasteiger partial charge in [-0.2, -0.15) is 4.98 Å². The van der Waals surface area contributed by atoms with Crippen molar-refractivity contribution in [3.05, 3.63) is 30.2 Å². The van der Waals surface area contributed by atoms with Gasteiger partial charge in [-0.3, -0.25) is 5.84 Å². The maximum Gasteiger partial charge on any atom is 0.296 e. The van der Waals surface area contributed by atoms with Gasteiger partial charge in [0.25, 0.3) is 11.3 Å². The molecule has 0 unspecified atom stereocenters. The van der Waals surface area contributed by atoms with E-state index in [2.05, 4.69) is 4.98 Å². The molecule has 5 heteroatoms. The Morgan fingerprint density at radius 2 is 2.20 bits per heavy atom. The normalized spacial score (nSPS) is 11.6. The summed E-state index contributed by atoms with van der Waals surface area (Å²) in [5.41, 5.74) is 2.74. The first-order valence-electron chi connectivity index (χ1n) is 4.79. The molecule has 3 aromatic heterocycles. The molecule has 0 atom stereocenters. The molecular formula is C10H12N5+. The van der Waals surface area contributed by atoms with Gasteiger partial charge in [0, 0.05) is 6.92 Å². The second kappa shape index (κ2) is 2.50. The lowest BCUT2D eigenvalue weighted by molar-refractivity contribution is -0.654. The third kappa shape index (κ3) is 0.869. The number of fused-ring (bicyclic) bond motifs is 3. The summed E-state index contributed by atoms with van der Waals surface area (Å²) in [6.45, 7) is 1.97. The zero-order valence-corrected chi connectivity index (χ0v) is 8.68. The van der Waals surface area contributed by atoms with Crippen LogP contribution >= 0.6 is 0 Å². The number of nitrogens with two attached hydrogens (primary N) is 1. The van der Waals surface area contributed by atoms with Crippen LogP contribution in [0.3, 0.4) is 0 Å². The summed E-state index contributed by atoms with van der Waals surface area (Å²) in [6, 6.07) is 5.92. The van der Waals surface area contributed by atoms with Crippen LogP contribution in [0.2, 0.25) is 0 Å². The molecule has 0 saturated carbocycles. The number of rotatable bonds is 0. The first-order chi connectivity index (χ1) is 7.20. The molecule has 0 saturated heterocycles. The molecule has 0 fully saturated rings. The monoisotopic (exact) mass is 202 g/mol. The minimum Gasteiger partial charge on any atom is -0.290 e. The SMILES string of the molecule is Cc1n(N)c2nc3ccccn3c2[n+]1C. The first kappa shape index (κ1) is 8.28. The molecule has 3 heterocycles. The molecule has 15 heavy (non-hydrogen) atoms. The van der Waals surface area contributed by atoms with Crippen LogP contribution in [0.5, 0.6) is 0 Å². The van der Waals surface area contributed by atoms with Crippen molar-refractivity contribution >= 4 is 16.9 Å². The summed E-state index contributed by atoms with van der Waals surface area (Å²) in [7, 11) is 1.99. The summed E-state index contributed by atoms with van der Waals surface area (Å²) >= 11 is 0. The van der Waals surface area contributed by atoms with Gasteiger partial charge in [0.1, 0.15) is 0 Å². The molecule has 0 amide bonds. The number of imidazole rings is 2. The maximum absolute atomic E-state index is 5.92. The Balaban J connectivity index is 2.65. The van der Waals surface area contributed by atoms with Crippen LogP contribution in [0.25, 0.3) is 16.9 Å². The largest absolute Gasteiger partial charge is 0.296 e. The highest BCUT2D eigenvalue weighted by Gasteiger charge is 2.22. The summed E-state index contributed by atoms with van der Waals surface area (Å²) in [6.07, 6.45) is 1.99. The predicted molar refractivity (Wildman–Crippen MR) is 56.8 cm³/mol. The van der Waals surface area contributed by atoms with E-state index in [0.29, 0.717) is 0 Å². The molecule has 3 aromatic rings. The fraction of sp³-hybridized carbons (Fsp3) is 0.200. The lowest BCUT2D eigenvalue weighted by Gasteiger charge is -1.92. The highest BCUT2D eigenvalue weighted by molar-refractivity contribution is 5.71. The van der Waals surface area contributed by atoms with E-state index in [0.717, 1.165) is 22.8 Å². The molecule has 0 aliphatic heterocycles. The number of nitrogen functional groups attached to an aromatic ring is 1. The molecule has 2 N–H and O–H groups in total. The van der Waals surface area contributed by atoms with E-state index in [9.17, 15) is 0 Å². The van der Waals surface area contributed by atoms with Gasteiger partial charge in [-0.05, 0) is 12.1 Å². The van der Waals surface area contributed by atoms with Crippen LogP contribution in [0.1, 0.15) is 5.82 Å². The number of aryl methyl sites for hydroxylation is 1. The quantitative estimate of drug-likeness (QED) is 0.416. The van der Waals surface area contributed by atoms with Crippen molar-refractivity contribution in [1.82, 2.24) is 14.1 Å². The Labute approximate surface area is 86.3 Å². The number of pyridine rings is 1. The Bertz CT molecular complexity index is 661. The van der Waals surface area contributed by atoms with Crippen molar-refractivity contribution in [1.29, 1.82) is 0 Å². The highest BCUT2D eigenvalue weighted by Crippen LogP contribution is 2.13. The summed E-state index contributed by atoms with van der Waals surface area (Å²) in [4.78, 5) is 4.48. The van der Waals surface area contributed by atoms with Crippen molar-refractivity contribution < 1.29 is 4.57 Å². The number of hydrogen-bond donors (Lipinski definition) is 1. The summed E-state index contributed by atoms with van der Waals surface area (Å²) in [5.74, 6) is 6.90. The van der Waals surface area contributed by atoms with Crippen molar-refractivity contribution in [3.8, 4) is 0 Å². The van der Waals surface area contributed by atoms with Gasteiger partial charge in [-0.25, -0.2) is 8.97 Å². The van der Waals surface area contributed by atoms with Gasteiger partial charge in [0.15, 0.2) is 5.65 Å². The Morgan fingerprint density at radius 1 is 1.40 bits per heavy atom. The van der Waals surface area contributed by atoms with Gasteiger partial charge in [0.2, 0.25) is 5.82 Å². The molecule has 76 valence electrons. The van der Waals surface area contributed by atoms with Crippen LogP contribution in [-0.4, -0.2) is 14.1 Å². The average Bonchev–Trinajstić information content (AvgIpc) is 2.72. The summed E-state index contributed by atoms with van der Waals surface area (Å²) in [5, 5.41) is 0. The molecular weight excluding hydrogens is 190 g/mol. The average molecular weight is 202 g/mol. The van der Waals surface area contributed by atoms with Gasteiger partial charge in [-0.15, -0.1) is 4.68 Å². The van der Waals surface area contributed by atoms with E-state index in [1.165, 1.54) is 0 Å². The van der Waals surface area contributed by atoms with Crippen LogP contribution in [0.4, 0.5) is 0 Å². The molecule has 0 aliphatic rings. The van der Waals surface area contributed by atoms with Crippen molar-refractivity contribution in [3.63, 3.8) is 0 Å². The lowest BCUT2D eigenvalue weighted by atomic mass is 10.5. The fourth-order valence-electron chi connectivity index (χ4n) is 1.91. The number of aromatic nitrogens is 4. The molecule has 0 spiro atoms. The second-order valence-electron chi connectivity index (χ2n) is 3.66. The van der Waals surface area contributed by atoms with E-state index < -0.39 is 0 Å². The molecule has 0 aliphatic carbocycles. The van der Waals surface area contributed by atoms with Gasteiger partial charge in [0.05, 0.1) is 13.2 Å². The van der Waals surface area contributed by atoms with Crippen molar-refractivity contribution in [2.75, 3.05) is 5.84 Å². The zero-order chi connectivity index (χ0) is 10.6. The molecule has 0 radical (unpaired) electrons. The van der Waals surface area contributed by atoms with E-state index in [4.69, 9.17) is 5.84 Å². The van der Waals surface area contributed by atoms with Gasteiger partial charge >= 0.3 is 0 Å². The van der Waals surface area contributed by atoms with E-state index in [1.807, 2.05) is 47.3 Å². The zero-order valence-electron chi connectivity index (χ0n) is 8.68. The Morgan fingerprint density at radius 3 is 3.00 bits per heavy atom. The van der Waals surface area contributed by atoms with Crippen LogP contribution < -0.4 is 10.4 Å². The summed E-state index contributed by atoms with van der Waals surface area (Å²) < 4.78 is 5.68. The molecule has 5 nitrogen and oxygen atoms in total. The smallest absolute Gasteiger partial charge is 0.290 e. The number of nitrogens with zero attached hydrogens (tertiary/aromatic N) is 4. The third-order valence-corrected chi connectivity index (χ3v) is 2.87. The Kier molecular flexibility index (Phi) is 1.38. The standard InChI is InChI=1S/C10H12N5/c1-7-13(2)10-9(15(7)11)12-8-5-3-4-6-14(8)10/h3-6H,11H2,1-2H3/q+1. The van der Waals surface area contributed by atoms with E-state index in [-0.39, 0.29) is 0 Å². The minimum atomic E-state index is 0.807. The van der Waals surface area contributed by atoms with E-state index in [1.54, 1.807) is 4.68 Å². The maximum atomic E-state index is 5.92. The highest BCUT2D eigenvalue weighted by atomic mass is 15.4. The van der Waals surface area contributed by atoms with Crippen LogP contribution in [-0.2, 0) is 7.05 Å². The topological polar surface area (TPSA) is 52.1 Å². The number of hydrogen-bond acceptors (Lipinski definition) is 2. The second-order valence-corrected chi connectivity index (χ2v) is 3.66. The fourth-order valence-corrected chi connectivity index (χ4v) is 1.91. The van der Waals surface area contributed by atoms with Crippen LogP contribution in [0, 0.1) is 6.92 Å². The van der Waals surface area contributed by atoms with Gasteiger partial charge in [-0.1, -0.05) is 6.07 Å². The van der Waals surface area contributed by atoms with Gasteiger partial charge < -0.3 is 0 Å². The van der Waals surface area contributed by atoms with Crippen molar-refractivity contribution in [2.24, 2.45) is 7.05 Å². The molecule has 0 bridgehead atoms. The third-order valence-electron chi connectivity index (χ3n) is 2.87. The van der Waals surface area contributed by atoms with Crippen molar-refractivity contribution in [2.45, 2.75) is 6.92 Å².